The molecular weight excluding hydrogens is 202 g/mol. The average molecular weight is 221 g/mol. The predicted octanol–water partition coefficient (Wildman–Crippen LogP) is 1.76. The first-order chi connectivity index (χ1) is 7.61. The summed E-state index contributed by atoms with van der Waals surface area (Å²) in [7, 11) is 1.67. The van der Waals surface area contributed by atoms with Gasteiger partial charge in [-0.15, -0.1) is 0 Å². The molecule has 1 aromatic carbocycles. The first kappa shape index (κ1) is 12.7. The molecule has 1 aromatic rings. The Morgan fingerprint density at radius 1 is 1.38 bits per heavy atom. The van der Waals surface area contributed by atoms with Gasteiger partial charge in [0, 0.05) is 17.5 Å². The summed E-state index contributed by atoms with van der Waals surface area (Å²) in [5.41, 5.74) is 1.09. The zero-order valence-electron chi connectivity index (χ0n) is 10.1. The van der Waals surface area contributed by atoms with Gasteiger partial charge in [-0.3, -0.25) is 0 Å². The van der Waals surface area contributed by atoms with Gasteiger partial charge in [0.1, 0.15) is 12.0 Å². The summed E-state index contributed by atoms with van der Waals surface area (Å²) in [5.74, 6) is 0.889. The highest BCUT2D eigenvalue weighted by molar-refractivity contribution is 5.52. The predicted molar refractivity (Wildman–Crippen MR) is 65.0 cm³/mol. The lowest BCUT2D eigenvalue weighted by Gasteiger charge is -2.27. The third-order valence-electron chi connectivity index (χ3n) is 2.63. The number of carbonyl (C=O) groups excluding carboxylic acids is 1. The van der Waals surface area contributed by atoms with Crippen molar-refractivity contribution >= 4 is 6.29 Å². The van der Waals surface area contributed by atoms with Crippen LogP contribution in [0, 0.1) is 0 Å². The number of aldehydes is 1. The second-order valence-electron chi connectivity index (χ2n) is 4.38. The number of para-hydroxylation sites is 1. The van der Waals surface area contributed by atoms with Crippen molar-refractivity contribution in [3.8, 4) is 5.75 Å². The van der Waals surface area contributed by atoms with E-state index in [-0.39, 0.29) is 5.41 Å². The van der Waals surface area contributed by atoms with Gasteiger partial charge < -0.3 is 14.8 Å². The molecule has 0 aliphatic carbocycles. The van der Waals surface area contributed by atoms with E-state index in [4.69, 9.17) is 4.74 Å². The molecule has 0 aliphatic rings. The lowest BCUT2D eigenvalue weighted by molar-refractivity contribution is -0.107. The lowest BCUT2D eigenvalue weighted by atomic mass is 9.84. The Balaban J connectivity index is 2.83. The molecule has 0 saturated carbocycles. The minimum absolute atomic E-state index is 0.0599. The van der Waals surface area contributed by atoms with Crippen molar-refractivity contribution in [3.05, 3.63) is 29.8 Å². The molecule has 0 heterocycles. The van der Waals surface area contributed by atoms with Crippen LogP contribution in [0.15, 0.2) is 24.3 Å². The maximum Gasteiger partial charge on any atom is 0.133 e. The normalized spacial score (nSPS) is 11.2. The molecule has 16 heavy (non-hydrogen) atoms. The summed E-state index contributed by atoms with van der Waals surface area (Å²) in [6.07, 6.45) is 0.873. The Morgan fingerprint density at radius 3 is 2.69 bits per heavy atom. The molecule has 88 valence electrons. The zero-order valence-corrected chi connectivity index (χ0v) is 10.1. The summed E-state index contributed by atoms with van der Waals surface area (Å²) in [5, 5.41) is 3.10. The number of ether oxygens (including phenoxy) is 1. The Kier molecular flexibility index (Phi) is 4.50. The van der Waals surface area contributed by atoms with Gasteiger partial charge in [0.25, 0.3) is 0 Å². The van der Waals surface area contributed by atoms with E-state index in [1.807, 2.05) is 18.2 Å². The third-order valence-corrected chi connectivity index (χ3v) is 2.63. The van der Waals surface area contributed by atoms with Gasteiger partial charge in [-0.05, 0) is 6.07 Å². The van der Waals surface area contributed by atoms with E-state index in [0.29, 0.717) is 6.54 Å². The number of rotatable bonds is 6. The van der Waals surface area contributed by atoms with Crippen LogP contribution < -0.4 is 10.1 Å². The molecule has 0 spiro atoms. The Hall–Kier alpha value is -1.35. The maximum absolute atomic E-state index is 10.3. The lowest BCUT2D eigenvalue weighted by Crippen LogP contribution is -2.34. The highest BCUT2D eigenvalue weighted by Gasteiger charge is 2.23. The molecule has 1 N–H and O–H groups in total. The van der Waals surface area contributed by atoms with Crippen LogP contribution in [0.2, 0.25) is 0 Å². The molecule has 0 radical (unpaired) electrons. The number of hydrogen-bond acceptors (Lipinski definition) is 3. The van der Waals surface area contributed by atoms with E-state index >= 15 is 0 Å². The number of methoxy groups -OCH3 is 1. The molecule has 0 bridgehead atoms. The highest BCUT2D eigenvalue weighted by Crippen LogP contribution is 2.30. The van der Waals surface area contributed by atoms with E-state index in [2.05, 4.69) is 25.2 Å². The average Bonchev–Trinajstić information content (AvgIpc) is 2.29. The van der Waals surface area contributed by atoms with E-state index in [0.717, 1.165) is 24.1 Å². The van der Waals surface area contributed by atoms with Crippen molar-refractivity contribution in [2.24, 2.45) is 0 Å². The molecular formula is C13H19NO2. The van der Waals surface area contributed by atoms with Gasteiger partial charge in [-0.2, -0.15) is 0 Å². The van der Waals surface area contributed by atoms with Gasteiger partial charge in [-0.25, -0.2) is 0 Å². The summed E-state index contributed by atoms with van der Waals surface area (Å²) in [6, 6.07) is 7.97. The van der Waals surface area contributed by atoms with Gasteiger partial charge in [0.15, 0.2) is 0 Å². The monoisotopic (exact) mass is 221 g/mol. The van der Waals surface area contributed by atoms with E-state index in [1.165, 1.54) is 0 Å². The zero-order chi connectivity index (χ0) is 12.0. The number of nitrogens with one attached hydrogen (secondary N) is 1. The van der Waals surface area contributed by atoms with Gasteiger partial charge in [0.05, 0.1) is 13.7 Å². The standard InChI is InChI=1S/C13H19NO2/c1-13(2,10-14-8-9-15)11-6-4-5-7-12(11)16-3/h4-7,9,14H,8,10H2,1-3H3. The molecule has 3 heteroatoms. The molecule has 0 aliphatic heterocycles. The van der Waals surface area contributed by atoms with Crippen molar-refractivity contribution in [2.75, 3.05) is 20.2 Å². The van der Waals surface area contributed by atoms with E-state index in [9.17, 15) is 4.79 Å². The highest BCUT2D eigenvalue weighted by atomic mass is 16.5. The molecule has 0 unspecified atom stereocenters. The Labute approximate surface area is 96.8 Å². The SMILES string of the molecule is COc1ccccc1C(C)(C)CNCC=O. The number of carbonyl (C=O) groups is 1. The maximum atomic E-state index is 10.3. The quantitative estimate of drug-likeness (QED) is 0.587. The van der Waals surface area contributed by atoms with Gasteiger partial charge >= 0.3 is 0 Å². The Bertz CT molecular complexity index is 348. The third kappa shape index (κ3) is 3.07. The van der Waals surface area contributed by atoms with Crippen LogP contribution in [0.3, 0.4) is 0 Å². The van der Waals surface area contributed by atoms with Crippen LogP contribution in [0.5, 0.6) is 5.75 Å². The minimum atomic E-state index is -0.0599. The van der Waals surface area contributed by atoms with Crippen LogP contribution >= 0.6 is 0 Å². The molecule has 0 aromatic heterocycles. The van der Waals surface area contributed by atoms with Crippen molar-refractivity contribution in [2.45, 2.75) is 19.3 Å². The molecule has 0 amide bonds. The topological polar surface area (TPSA) is 38.3 Å². The second kappa shape index (κ2) is 5.66. The van der Waals surface area contributed by atoms with Crippen molar-refractivity contribution < 1.29 is 9.53 Å². The smallest absolute Gasteiger partial charge is 0.133 e. The summed E-state index contributed by atoms with van der Waals surface area (Å²) >= 11 is 0. The van der Waals surface area contributed by atoms with Crippen LogP contribution in [0.25, 0.3) is 0 Å². The largest absolute Gasteiger partial charge is 0.496 e. The summed E-state index contributed by atoms with van der Waals surface area (Å²) in [6.45, 7) is 5.38. The summed E-state index contributed by atoms with van der Waals surface area (Å²) in [4.78, 5) is 10.3. The molecule has 0 fully saturated rings. The summed E-state index contributed by atoms with van der Waals surface area (Å²) < 4.78 is 5.34. The molecule has 3 nitrogen and oxygen atoms in total. The van der Waals surface area contributed by atoms with Crippen LogP contribution in [0.1, 0.15) is 19.4 Å². The van der Waals surface area contributed by atoms with Crippen LogP contribution in [-0.4, -0.2) is 26.5 Å². The van der Waals surface area contributed by atoms with Gasteiger partial charge in [0.2, 0.25) is 0 Å². The fourth-order valence-corrected chi connectivity index (χ4v) is 1.74. The molecule has 0 saturated heterocycles. The minimum Gasteiger partial charge on any atom is -0.496 e. The van der Waals surface area contributed by atoms with Gasteiger partial charge in [-0.1, -0.05) is 32.0 Å². The van der Waals surface area contributed by atoms with Crippen molar-refractivity contribution in [1.82, 2.24) is 5.32 Å². The second-order valence-corrected chi connectivity index (χ2v) is 4.38. The number of benzene rings is 1. The van der Waals surface area contributed by atoms with E-state index in [1.54, 1.807) is 7.11 Å². The Morgan fingerprint density at radius 2 is 2.06 bits per heavy atom. The molecule has 1 rings (SSSR count). The fourth-order valence-electron chi connectivity index (χ4n) is 1.74. The van der Waals surface area contributed by atoms with Crippen LogP contribution in [-0.2, 0) is 10.2 Å². The van der Waals surface area contributed by atoms with Crippen molar-refractivity contribution in [3.63, 3.8) is 0 Å². The first-order valence-corrected chi connectivity index (χ1v) is 5.39. The van der Waals surface area contributed by atoms with Crippen molar-refractivity contribution in [1.29, 1.82) is 0 Å². The van der Waals surface area contributed by atoms with Crippen LogP contribution in [0.4, 0.5) is 0 Å². The fraction of sp³-hybridized carbons (Fsp3) is 0.462. The first-order valence-electron chi connectivity index (χ1n) is 5.39. The molecule has 0 atom stereocenters. The van der Waals surface area contributed by atoms with E-state index < -0.39 is 0 Å². The number of hydrogen-bond donors (Lipinski definition) is 1.